The monoisotopic (exact) mass is 275 g/mol. The number of hydrogen-bond acceptors (Lipinski definition) is 3. The lowest BCUT2D eigenvalue weighted by atomic mass is 10.3. The molecule has 4 nitrogen and oxygen atoms in total. The molecule has 0 aromatic heterocycles. The van der Waals surface area contributed by atoms with Crippen LogP contribution in [-0.4, -0.2) is 37.3 Å². The molecule has 0 unspecified atom stereocenters. The summed E-state index contributed by atoms with van der Waals surface area (Å²) in [4.78, 5) is 22.9. The van der Waals surface area contributed by atoms with Crippen LogP contribution in [0.4, 0.5) is 0 Å². The molecule has 1 aromatic rings. The summed E-state index contributed by atoms with van der Waals surface area (Å²) >= 11 is 11.6. The molecule has 17 heavy (non-hydrogen) atoms. The van der Waals surface area contributed by atoms with Gasteiger partial charge in [0.25, 0.3) is 5.91 Å². The van der Waals surface area contributed by atoms with E-state index in [0.717, 1.165) is 0 Å². The number of nitrogens with zero attached hydrogens (tertiary/aromatic N) is 1. The number of benzene rings is 1. The van der Waals surface area contributed by atoms with Crippen LogP contribution in [0.5, 0.6) is 5.75 Å². The van der Waals surface area contributed by atoms with Gasteiger partial charge >= 0.3 is 0 Å². The Morgan fingerprint density at radius 1 is 1.47 bits per heavy atom. The Kier molecular flexibility index (Phi) is 5.25. The zero-order valence-electron chi connectivity index (χ0n) is 9.15. The molecule has 0 aliphatic heterocycles. The molecule has 0 N–H and O–H groups in total. The summed E-state index contributed by atoms with van der Waals surface area (Å²) in [6.07, 6.45) is 0.646. The van der Waals surface area contributed by atoms with Crippen molar-refractivity contribution in [2.24, 2.45) is 0 Å². The van der Waals surface area contributed by atoms with Crippen LogP contribution >= 0.6 is 23.2 Å². The van der Waals surface area contributed by atoms with E-state index < -0.39 is 0 Å². The number of carbonyl (C=O) groups excluding carboxylic acids is 2. The molecule has 92 valence electrons. The Morgan fingerprint density at radius 2 is 2.18 bits per heavy atom. The first-order chi connectivity index (χ1) is 8.04. The minimum Gasteiger partial charge on any atom is -0.482 e. The van der Waals surface area contributed by atoms with Gasteiger partial charge in [-0.05, 0) is 18.2 Å². The highest BCUT2D eigenvalue weighted by Crippen LogP contribution is 2.27. The number of likely N-dealkylation sites (N-methyl/N-ethyl adjacent to an activating group) is 1. The molecule has 0 atom stereocenters. The Bertz CT molecular complexity index is 423. The first-order valence-corrected chi connectivity index (χ1v) is 5.55. The molecule has 0 radical (unpaired) electrons. The summed E-state index contributed by atoms with van der Waals surface area (Å²) in [5.74, 6) is 0.0760. The van der Waals surface area contributed by atoms with E-state index in [9.17, 15) is 9.59 Å². The van der Waals surface area contributed by atoms with E-state index in [1.807, 2.05) is 0 Å². The number of amides is 1. The SMILES string of the molecule is CN(CC=O)C(=O)COc1ccc(Cl)cc1Cl. The fourth-order valence-corrected chi connectivity index (χ4v) is 1.52. The van der Waals surface area contributed by atoms with Crippen LogP contribution in [-0.2, 0) is 9.59 Å². The highest BCUT2D eigenvalue weighted by Gasteiger charge is 2.10. The standard InChI is InChI=1S/C11H11Cl2NO3/c1-14(4-5-15)11(16)7-17-10-3-2-8(12)6-9(10)13/h2-3,5-6H,4,7H2,1H3. The summed E-state index contributed by atoms with van der Waals surface area (Å²) in [7, 11) is 1.52. The molecule has 0 aliphatic rings. The van der Waals surface area contributed by atoms with E-state index in [2.05, 4.69) is 0 Å². The van der Waals surface area contributed by atoms with Gasteiger partial charge in [0.15, 0.2) is 6.61 Å². The van der Waals surface area contributed by atoms with Crippen molar-refractivity contribution < 1.29 is 14.3 Å². The van der Waals surface area contributed by atoms with E-state index in [4.69, 9.17) is 27.9 Å². The second-order valence-corrected chi connectivity index (χ2v) is 4.15. The fraction of sp³-hybridized carbons (Fsp3) is 0.273. The van der Waals surface area contributed by atoms with E-state index in [-0.39, 0.29) is 19.1 Å². The minimum absolute atomic E-state index is 0.0382. The number of hydrogen-bond donors (Lipinski definition) is 0. The summed E-state index contributed by atoms with van der Waals surface area (Å²) in [6.45, 7) is -0.137. The molecule has 1 amide bonds. The van der Waals surface area contributed by atoms with Gasteiger partial charge in [-0.25, -0.2) is 0 Å². The van der Waals surface area contributed by atoms with Crippen LogP contribution in [0, 0.1) is 0 Å². The zero-order valence-corrected chi connectivity index (χ0v) is 10.7. The Balaban J connectivity index is 2.55. The highest BCUT2D eigenvalue weighted by atomic mass is 35.5. The van der Waals surface area contributed by atoms with E-state index in [1.165, 1.54) is 18.0 Å². The van der Waals surface area contributed by atoms with Crippen molar-refractivity contribution in [3.63, 3.8) is 0 Å². The van der Waals surface area contributed by atoms with Crippen molar-refractivity contribution >= 4 is 35.4 Å². The smallest absolute Gasteiger partial charge is 0.260 e. The maximum absolute atomic E-state index is 11.5. The van der Waals surface area contributed by atoms with Crippen LogP contribution in [0.1, 0.15) is 0 Å². The second kappa shape index (κ2) is 6.47. The first kappa shape index (κ1) is 13.8. The van der Waals surface area contributed by atoms with Gasteiger partial charge in [0.1, 0.15) is 12.0 Å². The third-order valence-corrected chi connectivity index (χ3v) is 2.55. The summed E-state index contributed by atoms with van der Waals surface area (Å²) in [6, 6.07) is 4.72. The van der Waals surface area contributed by atoms with Crippen LogP contribution in [0.25, 0.3) is 0 Å². The van der Waals surface area contributed by atoms with Crippen molar-refractivity contribution in [2.75, 3.05) is 20.2 Å². The fourth-order valence-electron chi connectivity index (χ4n) is 1.06. The largest absolute Gasteiger partial charge is 0.482 e. The predicted molar refractivity (Wildman–Crippen MR) is 65.7 cm³/mol. The molecule has 6 heteroatoms. The van der Waals surface area contributed by atoms with E-state index in [0.29, 0.717) is 22.1 Å². The van der Waals surface area contributed by atoms with Gasteiger partial charge in [0, 0.05) is 12.1 Å². The van der Waals surface area contributed by atoms with Crippen molar-refractivity contribution in [2.45, 2.75) is 0 Å². The van der Waals surface area contributed by atoms with Crippen molar-refractivity contribution in [3.05, 3.63) is 28.2 Å². The molecule has 0 aliphatic carbocycles. The van der Waals surface area contributed by atoms with Gasteiger partial charge in [0.05, 0.1) is 11.6 Å². The molecule has 0 fully saturated rings. The highest BCUT2D eigenvalue weighted by molar-refractivity contribution is 6.35. The molecule has 1 aromatic carbocycles. The van der Waals surface area contributed by atoms with Crippen LogP contribution in [0.15, 0.2) is 18.2 Å². The predicted octanol–water partition coefficient (Wildman–Crippen LogP) is 2.03. The number of rotatable bonds is 5. The van der Waals surface area contributed by atoms with Crippen LogP contribution < -0.4 is 4.74 Å². The number of ether oxygens (including phenoxy) is 1. The Morgan fingerprint density at radius 3 is 2.76 bits per heavy atom. The molecular formula is C11H11Cl2NO3. The van der Waals surface area contributed by atoms with Gasteiger partial charge in [-0.2, -0.15) is 0 Å². The normalized spacial score (nSPS) is 9.82. The minimum atomic E-state index is -0.303. The third-order valence-electron chi connectivity index (χ3n) is 2.02. The van der Waals surface area contributed by atoms with Gasteiger partial charge in [-0.1, -0.05) is 23.2 Å². The van der Waals surface area contributed by atoms with E-state index >= 15 is 0 Å². The van der Waals surface area contributed by atoms with Crippen LogP contribution in [0.3, 0.4) is 0 Å². The molecule has 0 saturated heterocycles. The van der Waals surface area contributed by atoms with Crippen molar-refractivity contribution in [3.8, 4) is 5.75 Å². The second-order valence-electron chi connectivity index (χ2n) is 3.30. The maximum atomic E-state index is 11.5. The molecule has 0 bridgehead atoms. The summed E-state index contributed by atoms with van der Waals surface area (Å²) in [5, 5.41) is 0.829. The lowest BCUT2D eigenvalue weighted by Crippen LogP contribution is -2.32. The molecule has 0 spiro atoms. The molecule has 1 rings (SSSR count). The number of halogens is 2. The Hall–Kier alpha value is -1.26. The molecule has 0 saturated carbocycles. The lowest BCUT2D eigenvalue weighted by Gasteiger charge is -2.14. The van der Waals surface area contributed by atoms with Gasteiger partial charge in [-0.15, -0.1) is 0 Å². The van der Waals surface area contributed by atoms with Crippen molar-refractivity contribution in [1.29, 1.82) is 0 Å². The zero-order chi connectivity index (χ0) is 12.8. The van der Waals surface area contributed by atoms with Gasteiger partial charge in [0.2, 0.25) is 0 Å². The first-order valence-electron chi connectivity index (χ1n) is 4.80. The third kappa shape index (κ3) is 4.24. The van der Waals surface area contributed by atoms with Gasteiger partial charge in [-0.3, -0.25) is 4.79 Å². The summed E-state index contributed by atoms with van der Waals surface area (Å²) in [5.41, 5.74) is 0. The topological polar surface area (TPSA) is 46.6 Å². The molecule has 0 heterocycles. The van der Waals surface area contributed by atoms with Crippen LogP contribution in [0.2, 0.25) is 10.0 Å². The average molecular weight is 276 g/mol. The number of aldehydes is 1. The maximum Gasteiger partial charge on any atom is 0.260 e. The molecular weight excluding hydrogens is 265 g/mol. The quantitative estimate of drug-likeness (QED) is 0.773. The Labute approximate surface area is 109 Å². The van der Waals surface area contributed by atoms with E-state index in [1.54, 1.807) is 12.1 Å². The lowest BCUT2D eigenvalue weighted by molar-refractivity contribution is -0.133. The average Bonchev–Trinajstić information content (AvgIpc) is 2.27. The van der Waals surface area contributed by atoms with Gasteiger partial charge < -0.3 is 14.4 Å². The van der Waals surface area contributed by atoms with Crippen molar-refractivity contribution in [1.82, 2.24) is 4.90 Å². The summed E-state index contributed by atoms with van der Waals surface area (Å²) < 4.78 is 5.22. The number of carbonyl (C=O) groups is 2.